The first kappa shape index (κ1) is 13.8. The lowest BCUT2D eigenvalue weighted by Gasteiger charge is -2.12. The van der Waals surface area contributed by atoms with Gasteiger partial charge in [0.05, 0.1) is 5.69 Å². The molecule has 1 unspecified atom stereocenters. The maximum atomic E-state index is 4.39. The Hall–Kier alpha value is -1.61. The van der Waals surface area contributed by atoms with E-state index in [0.29, 0.717) is 6.04 Å². The van der Waals surface area contributed by atoms with Gasteiger partial charge >= 0.3 is 0 Å². The maximum Gasteiger partial charge on any atom is 0.0671 e. The van der Waals surface area contributed by atoms with E-state index in [2.05, 4.69) is 61.6 Å². The summed E-state index contributed by atoms with van der Waals surface area (Å²) in [5.41, 5.74) is 4.91. The lowest BCUT2D eigenvalue weighted by atomic mass is 10.0. The third-order valence-electron chi connectivity index (χ3n) is 3.37. The maximum absolute atomic E-state index is 4.39. The average molecular weight is 257 g/mol. The van der Waals surface area contributed by atoms with Crippen LogP contribution in [-0.2, 0) is 13.5 Å². The molecule has 0 aliphatic carbocycles. The highest BCUT2D eigenvalue weighted by atomic mass is 15.2. The van der Waals surface area contributed by atoms with E-state index in [1.54, 1.807) is 0 Å². The second-order valence-electron chi connectivity index (χ2n) is 5.16. The summed E-state index contributed by atoms with van der Waals surface area (Å²) < 4.78 is 1.87. The first-order valence-corrected chi connectivity index (χ1v) is 6.93. The molecule has 1 atom stereocenters. The molecule has 0 spiro atoms. The normalized spacial score (nSPS) is 12.6. The Labute approximate surface area is 115 Å². The van der Waals surface area contributed by atoms with Gasteiger partial charge < -0.3 is 5.32 Å². The van der Waals surface area contributed by atoms with Crippen molar-refractivity contribution in [3.8, 4) is 11.1 Å². The third-order valence-corrected chi connectivity index (χ3v) is 3.37. The molecule has 0 saturated heterocycles. The van der Waals surface area contributed by atoms with E-state index in [4.69, 9.17) is 0 Å². The molecule has 1 aromatic heterocycles. The molecule has 0 aliphatic rings. The van der Waals surface area contributed by atoms with Crippen LogP contribution in [0.4, 0.5) is 0 Å². The predicted molar refractivity (Wildman–Crippen MR) is 80.2 cm³/mol. The molecule has 1 aromatic carbocycles. The van der Waals surface area contributed by atoms with Crippen molar-refractivity contribution in [1.29, 1.82) is 0 Å². The molecule has 0 radical (unpaired) electrons. The van der Waals surface area contributed by atoms with Gasteiger partial charge in [-0.05, 0) is 37.9 Å². The Morgan fingerprint density at radius 1 is 1.26 bits per heavy atom. The van der Waals surface area contributed by atoms with Crippen LogP contribution in [0.1, 0.15) is 25.1 Å². The summed E-state index contributed by atoms with van der Waals surface area (Å²) in [7, 11) is 1.96. The van der Waals surface area contributed by atoms with Crippen LogP contribution in [-0.4, -0.2) is 22.4 Å². The summed E-state index contributed by atoms with van der Waals surface area (Å²) >= 11 is 0. The molecule has 19 heavy (non-hydrogen) atoms. The Morgan fingerprint density at radius 3 is 2.47 bits per heavy atom. The Kier molecular flexibility index (Phi) is 4.38. The van der Waals surface area contributed by atoms with Crippen molar-refractivity contribution >= 4 is 0 Å². The van der Waals surface area contributed by atoms with E-state index in [1.807, 2.05) is 11.7 Å². The van der Waals surface area contributed by atoms with Crippen LogP contribution in [0.2, 0.25) is 0 Å². The van der Waals surface area contributed by atoms with E-state index >= 15 is 0 Å². The zero-order chi connectivity index (χ0) is 13.8. The number of nitrogens with zero attached hydrogens (tertiary/aromatic N) is 2. The molecular weight excluding hydrogens is 234 g/mol. The summed E-state index contributed by atoms with van der Waals surface area (Å²) in [5, 5.41) is 7.83. The molecule has 3 nitrogen and oxygen atoms in total. The quantitative estimate of drug-likeness (QED) is 0.892. The van der Waals surface area contributed by atoms with Gasteiger partial charge in [0.1, 0.15) is 0 Å². The summed E-state index contributed by atoms with van der Waals surface area (Å²) in [6, 6.07) is 9.34. The Bertz CT molecular complexity index is 525. The van der Waals surface area contributed by atoms with E-state index < -0.39 is 0 Å². The minimum absolute atomic E-state index is 0.524. The molecule has 0 fully saturated rings. The van der Waals surface area contributed by atoms with Crippen molar-refractivity contribution in [1.82, 2.24) is 15.1 Å². The fraction of sp³-hybridized carbons (Fsp3) is 0.438. The molecule has 0 saturated carbocycles. The van der Waals surface area contributed by atoms with E-state index in [-0.39, 0.29) is 0 Å². The van der Waals surface area contributed by atoms with Gasteiger partial charge in [-0.2, -0.15) is 5.10 Å². The molecule has 2 rings (SSSR count). The molecule has 2 aromatic rings. The first-order valence-electron chi connectivity index (χ1n) is 6.93. The van der Waals surface area contributed by atoms with Gasteiger partial charge in [-0.3, -0.25) is 4.68 Å². The van der Waals surface area contributed by atoms with Gasteiger partial charge in [0.25, 0.3) is 0 Å². The lowest BCUT2D eigenvalue weighted by Crippen LogP contribution is -2.27. The Balaban J connectivity index is 2.12. The second kappa shape index (κ2) is 6.02. The van der Waals surface area contributed by atoms with Gasteiger partial charge in [0, 0.05) is 24.8 Å². The van der Waals surface area contributed by atoms with Crippen molar-refractivity contribution in [2.75, 3.05) is 6.54 Å². The van der Waals surface area contributed by atoms with Gasteiger partial charge in [-0.25, -0.2) is 0 Å². The summed E-state index contributed by atoms with van der Waals surface area (Å²) in [6.07, 6.45) is 3.14. The van der Waals surface area contributed by atoms with Gasteiger partial charge in [-0.1, -0.05) is 31.2 Å². The molecule has 102 valence electrons. The number of hydrogen-bond acceptors (Lipinski definition) is 2. The van der Waals surface area contributed by atoms with Crippen LogP contribution in [0, 0.1) is 6.92 Å². The fourth-order valence-corrected chi connectivity index (χ4v) is 2.48. The molecule has 0 amide bonds. The smallest absolute Gasteiger partial charge is 0.0671 e. The molecule has 0 bridgehead atoms. The summed E-state index contributed by atoms with van der Waals surface area (Å²) in [4.78, 5) is 0. The number of aryl methyl sites for hydroxylation is 2. The van der Waals surface area contributed by atoms with Gasteiger partial charge in [-0.15, -0.1) is 0 Å². The second-order valence-corrected chi connectivity index (χ2v) is 5.16. The highest BCUT2D eigenvalue weighted by molar-refractivity contribution is 5.65. The monoisotopic (exact) mass is 257 g/mol. The molecule has 3 heteroatoms. The van der Waals surface area contributed by atoms with Gasteiger partial charge in [0.15, 0.2) is 0 Å². The minimum Gasteiger partial charge on any atom is -0.314 e. The van der Waals surface area contributed by atoms with Crippen LogP contribution < -0.4 is 5.32 Å². The number of hydrogen-bond donors (Lipinski definition) is 1. The fourth-order valence-electron chi connectivity index (χ4n) is 2.48. The summed E-state index contributed by atoms with van der Waals surface area (Å²) in [6.45, 7) is 7.44. The van der Waals surface area contributed by atoms with Crippen molar-refractivity contribution < 1.29 is 0 Å². The predicted octanol–water partition coefficient (Wildman–Crippen LogP) is 2.94. The first-order chi connectivity index (χ1) is 9.10. The van der Waals surface area contributed by atoms with Crippen LogP contribution in [0.5, 0.6) is 0 Å². The van der Waals surface area contributed by atoms with Crippen molar-refractivity contribution in [3.05, 3.63) is 41.7 Å². The van der Waals surface area contributed by atoms with Crippen LogP contribution in [0.25, 0.3) is 11.1 Å². The molecule has 0 aliphatic heterocycles. The van der Waals surface area contributed by atoms with E-state index in [1.165, 1.54) is 16.7 Å². The van der Waals surface area contributed by atoms with Crippen molar-refractivity contribution in [3.63, 3.8) is 0 Å². The highest BCUT2D eigenvalue weighted by Crippen LogP contribution is 2.22. The highest BCUT2D eigenvalue weighted by Gasteiger charge is 2.06. The standard InChI is InChI=1S/C16H23N3/c1-5-17-12(2)10-14-6-8-15(9-7-14)16-11-19(4)18-13(16)3/h6-9,11-12,17H,5,10H2,1-4H3. The molecule has 1 heterocycles. The topological polar surface area (TPSA) is 29.9 Å². The third kappa shape index (κ3) is 3.44. The van der Waals surface area contributed by atoms with E-state index in [9.17, 15) is 0 Å². The zero-order valence-electron chi connectivity index (χ0n) is 12.3. The lowest BCUT2D eigenvalue weighted by molar-refractivity contribution is 0.565. The van der Waals surface area contributed by atoms with Crippen LogP contribution in [0.3, 0.4) is 0 Å². The molecule has 1 N–H and O–H groups in total. The van der Waals surface area contributed by atoms with Crippen LogP contribution >= 0.6 is 0 Å². The van der Waals surface area contributed by atoms with E-state index in [0.717, 1.165) is 18.7 Å². The number of benzene rings is 1. The largest absolute Gasteiger partial charge is 0.314 e. The summed E-state index contributed by atoms with van der Waals surface area (Å²) in [5.74, 6) is 0. The molecular formula is C16H23N3. The van der Waals surface area contributed by atoms with Crippen molar-refractivity contribution in [2.24, 2.45) is 7.05 Å². The minimum atomic E-state index is 0.524. The van der Waals surface area contributed by atoms with Crippen LogP contribution in [0.15, 0.2) is 30.5 Å². The van der Waals surface area contributed by atoms with Gasteiger partial charge in [0.2, 0.25) is 0 Å². The number of rotatable bonds is 5. The zero-order valence-corrected chi connectivity index (χ0v) is 12.3. The van der Waals surface area contributed by atoms with Crippen molar-refractivity contribution in [2.45, 2.75) is 33.2 Å². The number of nitrogens with one attached hydrogen (secondary N) is 1. The average Bonchev–Trinajstić information content (AvgIpc) is 2.70. The SMILES string of the molecule is CCNC(C)Cc1ccc(-c2cn(C)nc2C)cc1. The number of likely N-dealkylation sites (N-methyl/N-ethyl adjacent to an activating group) is 1. The Morgan fingerprint density at radius 2 is 1.95 bits per heavy atom. The number of aromatic nitrogens is 2.